The number of pyridine rings is 1. The summed E-state index contributed by atoms with van der Waals surface area (Å²) in [7, 11) is 0. The van der Waals surface area contributed by atoms with Crippen molar-refractivity contribution in [2.45, 2.75) is 25.9 Å². The zero-order chi connectivity index (χ0) is 14.7. The van der Waals surface area contributed by atoms with Crippen LogP contribution in [-0.2, 0) is 0 Å². The van der Waals surface area contributed by atoms with Crippen molar-refractivity contribution in [3.63, 3.8) is 0 Å². The molecule has 0 aliphatic carbocycles. The molecule has 6 heteroatoms. The molecule has 3 aromatic rings. The molecule has 3 aromatic heterocycles. The number of hydrogen-bond acceptors (Lipinski definition) is 6. The van der Waals surface area contributed by atoms with Crippen LogP contribution in [0.4, 0.5) is 0 Å². The van der Waals surface area contributed by atoms with Crippen molar-refractivity contribution in [3.8, 4) is 10.7 Å². The molecule has 3 rings (SSSR count). The van der Waals surface area contributed by atoms with Crippen LogP contribution >= 0.6 is 11.3 Å². The van der Waals surface area contributed by atoms with Gasteiger partial charge in [0.15, 0.2) is 0 Å². The van der Waals surface area contributed by atoms with Gasteiger partial charge in [0.25, 0.3) is 0 Å². The summed E-state index contributed by atoms with van der Waals surface area (Å²) in [5.74, 6) is 1.24. The molecule has 0 saturated carbocycles. The third kappa shape index (κ3) is 3.17. The quantitative estimate of drug-likeness (QED) is 0.780. The number of hydrogen-bond donors (Lipinski definition) is 1. The van der Waals surface area contributed by atoms with E-state index in [2.05, 4.69) is 27.4 Å². The standard InChI is InChI=1S/C15H16N4OS/c1-10(12-5-7-16-8-6-12)17-11(2)15-18-14(19-20-15)13-4-3-9-21-13/h3-11,17H,1-2H3/t10-,11-/m0/s1. The van der Waals surface area contributed by atoms with Crippen molar-refractivity contribution in [1.29, 1.82) is 0 Å². The topological polar surface area (TPSA) is 63.8 Å². The second kappa shape index (κ2) is 6.15. The smallest absolute Gasteiger partial charge is 0.243 e. The van der Waals surface area contributed by atoms with Gasteiger partial charge < -0.3 is 4.52 Å². The molecular weight excluding hydrogens is 284 g/mol. The Bertz CT molecular complexity index is 681. The van der Waals surface area contributed by atoms with Gasteiger partial charge in [-0.2, -0.15) is 4.98 Å². The molecule has 3 heterocycles. The molecule has 0 unspecified atom stereocenters. The molecule has 5 nitrogen and oxygen atoms in total. The summed E-state index contributed by atoms with van der Waals surface area (Å²) in [5.41, 5.74) is 1.18. The average molecular weight is 300 g/mol. The summed E-state index contributed by atoms with van der Waals surface area (Å²) < 4.78 is 5.36. The van der Waals surface area contributed by atoms with E-state index in [1.807, 2.05) is 36.6 Å². The van der Waals surface area contributed by atoms with Crippen LogP contribution in [0, 0.1) is 0 Å². The molecule has 0 amide bonds. The number of nitrogens with one attached hydrogen (secondary N) is 1. The van der Waals surface area contributed by atoms with Crippen LogP contribution in [0.25, 0.3) is 10.7 Å². The number of rotatable bonds is 5. The lowest BCUT2D eigenvalue weighted by Gasteiger charge is -2.17. The van der Waals surface area contributed by atoms with Crippen LogP contribution in [0.1, 0.15) is 37.4 Å². The van der Waals surface area contributed by atoms with Crippen molar-refractivity contribution in [2.24, 2.45) is 0 Å². The van der Waals surface area contributed by atoms with Crippen LogP contribution in [0.3, 0.4) is 0 Å². The van der Waals surface area contributed by atoms with Crippen molar-refractivity contribution < 1.29 is 4.52 Å². The second-order valence-electron chi connectivity index (χ2n) is 4.82. The Morgan fingerprint density at radius 1 is 1.14 bits per heavy atom. The highest BCUT2D eigenvalue weighted by Gasteiger charge is 2.18. The van der Waals surface area contributed by atoms with Gasteiger partial charge in [-0.05, 0) is 43.0 Å². The van der Waals surface area contributed by atoms with E-state index in [0.717, 1.165) is 4.88 Å². The summed E-state index contributed by atoms with van der Waals surface area (Å²) in [5, 5.41) is 9.48. The Hall–Kier alpha value is -2.05. The molecule has 2 atom stereocenters. The van der Waals surface area contributed by atoms with E-state index >= 15 is 0 Å². The van der Waals surface area contributed by atoms with Gasteiger partial charge in [-0.15, -0.1) is 11.3 Å². The highest BCUT2D eigenvalue weighted by molar-refractivity contribution is 7.13. The first-order valence-corrected chi connectivity index (χ1v) is 7.65. The third-order valence-corrected chi connectivity index (χ3v) is 4.13. The molecule has 0 aliphatic rings. The SMILES string of the molecule is C[C@H](N[C@@H](C)c1nc(-c2cccs2)no1)c1ccncc1. The fourth-order valence-corrected chi connectivity index (χ4v) is 2.76. The van der Waals surface area contributed by atoms with Gasteiger partial charge >= 0.3 is 0 Å². The normalized spacial score (nSPS) is 14.0. The van der Waals surface area contributed by atoms with Crippen molar-refractivity contribution in [1.82, 2.24) is 20.4 Å². The Kier molecular flexibility index (Phi) is 4.08. The van der Waals surface area contributed by atoms with E-state index in [1.165, 1.54) is 5.56 Å². The van der Waals surface area contributed by atoms with Gasteiger partial charge in [-0.1, -0.05) is 11.2 Å². The molecule has 0 aromatic carbocycles. The van der Waals surface area contributed by atoms with Gasteiger partial charge in [0.2, 0.25) is 11.7 Å². The van der Waals surface area contributed by atoms with Gasteiger partial charge in [-0.25, -0.2) is 0 Å². The maximum Gasteiger partial charge on any atom is 0.243 e. The summed E-state index contributed by atoms with van der Waals surface area (Å²) in [4.78, 5) is 9.50. The highest BCUT2D eigenvalue weighted by atomic mass is 32.1. The van der Waals surface area contributed by atoms with E-state index < -0.39 is 0 Å². The van der Waals surface area contributed by atoms with E-state index in [9.17, 15) is 0 Å². The van der Waals surface area contributed by atoms with Gasteiger partial charge in [0.1, 0.15) is 0 Å². The monoisotopic (exact) mass is 300 g/mol. The number of thiophene rings is 1. The predicted octanol–water partition coefficient (Wildman–Crippen LogP) is 3.60. The largest absolute Gasteiger partial charge is 0.337 e. The molecule has 0 fully saturated rings. The average Bonchev–Trinajstić information content (AvgIpc) is 3.19. The van der Waals surface area contributed by atoms with Gasteiger partial charge in [-0.3, -0.25) is 10.3 Å². The van der Waals surface area contributed by atoms with E-state index in [-0.39, 0.29) is 12.1 Å². The molecule has 108 valence electrons. The predicted molar refractivity (Wildman–Crippen MR) is 81.8 cm³/mol. The molecule has 0 radical (unpaired) electrons. The van der Waals surface area contributed by atoms with E-state index in [4.69, 9.17) is 4.52 Å². The fourth-order valence-electron chi connectivity index (χ4n) is 2.11. The molecule has 0 aliphatic heterocycles. The second-order valence-corrected chi connectivity index (χ2v) is 5.77. The van der Waals surface area contributed by atoms with Crippen molar-refractivity contribution in [2.75, 3.05) is 0 Å². The first-order valence-electron chi connectivity index (χ1n) is 6.77. The molecular formula is C15H16N4OS. The Labute approximate surface area is 127 Å². The molecule has 1 N–H and O–H groups in total. The number of nitrogens with zero attached hydrogens (tertiary/aromatic N) is 3. The lowest BCUT2D eigenvalue weighted by molar-refractivity contribution is 0.328. The van der Waals surface area contributed by atoms with Crippen molar-refractivity contribution >= 4 is 11.3 Å². The summed E-state index contributed by atoms with van der Waals surface area (Å²) in [6.45, 7) is 4.12. The third-order valence-electron chi connectivity index (χ3n) is 3.26. The van der Waals surface area contributed by atoms with Gasteiger partial charge in [0.05, 0.1) is 10.9 Å². The van der Waals surface area contributed by atoms with Crippen LogP contribution in [0.2, 0.25) is 0 Å². The zero-order valence-corrected chi connectivity index (χ0v) is 12.7. The Morgan fingerprint density at radius 3 is 2.67 bits per heavy atom. The molecule has 0 bridgehead atoms. The maximum atomic E-state index is 5.36. The lowest BCUT2D eigenvalue weighted by Crippen LogP contribution is -2.22. The van der Waals surface area contributed by atoms with Crippen LogP contribution < -0.4 is 5.32 Å². The summed E-state index contributed by atoms with van der Waals surface area (Å²) in [6.07, 6.45) is 3.58. The minimum Gasteiger partial charge on any atom is -0.337 e. The first kappa shape index (κ1) is 13.9. The minimum atomic E-state index is -0.0191. The van der Waals surface area contributed by atoms with Crippen molar-refractivity contribution in [3.05, 3.63) is 53.5 Å². The van der Waals surface area contributed by atoms with Crippen LogP contribution in [-0.4, -0.2) is 15.1 Å². The minimum absolute atomic E-state index is 0.0191. The van der Waals surface area contributed by atoms with Gasteiger partial charge in [0, 0.05) is 18.4 Å². The highest BCUT2D eigenvalue weighted by Crippen LogP contribution is 2.24. The van der Waals surface area contributed by atoms with E-state index in [0.29, 0.717) is 11.7 Å². The zero-order valence-electron chi connectivity index (χ0n) is 11.9. The Morgan fingerprint density at radius 2 is 1.95 bits per heavy atom. The lowest BCUT2D eigenvalue weighted by atomic mass is 10.1. The summed E-state index contributed by atoms with van der Waals surface area (Å²) in [6, 6.07) is 8.11. The summed E-state index contributed by atoms with van der Waals surface area (Å²) >= 11 is 1.60. The Balaban J connectivity index is 1.70. The first-order chi connectivity index (χ1) is 10.2. The van der Waals surface area contributed by atoms with Crippen LogP contribution in [0.5, 0.6) is 0 Å². The number of aromatic nitrogens is 3. The fraction of sp³-hybridized carbons (Fsp3) is 0.267. The molecule has 0 spiro atoms. The molecule has 0 saturated heterocycles. The maximum absolute atomic E-state index is 5.36. The molecule has 21 heavy (non-hydrogen) atoms. The van der Waals surface area contributed by atoms with Crippen LogP contribution in [0.15, 0.2) is 46.6 Å². The van der Waals surface area contributed by atoms with E-state index in [1.54, 1.807) is 23.7 Å².